The molecule has 0 spiro atoms. The number of carbonyl (C=O) groups excluding carboxylic acids is 3. The number of hydrogen-bond acceptors (Lipinski definition) is 6. The average Bonchev–Trinajstić information content (AvgIpc) is 3.09. The zero-order valence-corrected chi connectivity index (χ0v) is 19.8. The molecule has 1 aromatic rings. The lowest BCUT2D eigenvalue weighted by Crippen LogP contribution is -2.40. The highest BCUT2D eigenvalue weighted by molar-refractivity contribution is 6.31. The van der Waals surface area contributed by atoms with Crippen molar-refractivity contribution in [2.75, 3.05) is 33.1 Å². The molecule has 0 radical (unpaired) electrons. The fourth-order valence-corrected chi connectivity index (χ4v) is 3.92. The van der Waals surface area contributed by atoms with Gasteiger partial charge in [0.15, 0.2) is 0 Å². The van der Waals surface area contributed by atoms with E-state index in [1.165, 1.54) is 39.5 Å². The predicted octanol–water partition coefficient (Wildman–Crippen LogP) is 1.89. The SMILES string of the molecule is COC(CNC(=O)C1=C(C)NC(/C=C2\C(=O)Nc3ccc(F)cc32)C=C1C)CC(=O)N(C)OC. The number of methoxy groups -OCH3 is 1. The number of benzene rings is 1. The molecule has 0 aliphatic carbocycles. The number of nitrogens with one attached hydrogen (secondary N) is 3. The summed E-state index contributed by atoms with van der Waals surface area (Å²) in [7, 11) is 4.36. The third-order valence-corrected chi connectivity index (χ3v) is 5.77. The molecule has 2 unspecified atom stereocenters. The van der Waals surface area contributed by atoms with E-state index in [-0.39, 0.29) is 36.7 Å². The summed E-state index contributed by atoms with van der Waals surface area (Å²) in [6, 6.07) is 3.78. The van der Waals surface area contributed by atoms with Gasteiger partial charge >= 0.3 is 0 Å². The monoisotopic (exact) mass is 472 g/mol. The molecule has 182 valence electrons. The number of anilines is 1. The predicted molar refractivity (Wildman–Crippen MR) is 125 cm³/mol. The van der Waals surface area contributed by atoms with Crippen LogP contribution in [0.4, 0.5) is 10.1 Å². The van der Waals surface area contributed by atoms with Gasteiger partial charge in [-0.15, -0.1) is 0 Å². The standard InChI is InChI=1S/C24H29FN4O5/c1-13-8-16(10-19-18-9-15(25)6-7-20(18)28-23(19)31)27-14(2)22(13)24(32)26-12-17(33-4)11-21(30)29(3)34-5/h6-10,16-17,27H,11-12H2,1-5H3,(H,26,32)(H,28,31)/b19-10-. The van der Waals surface area contributed by atoms with Crippen molar-refractivity contribution < 1.29 is 28.3 Å². The molecular formula is C24H29FN4O5. The second-order valence-corrected chi connectivity index (χ2v) is 8.09. The second-order valence-electron chi connectivity index (χ2n) is 8.09. The number of ether oxygens (including phenoxy) is 1. The van der Waals surface area contributed by atoms with Crippen LogP contribution in [0.25, 0.3) is 5.57 Å². The lowest BCUT2D eigenvalue weighted by Gasteiger charge is -2.25. The highest BCUT2D eigenvalue weighted by Gasteiger charge is 2.28. The number of hydrogen-bond donors (Lipinski definition) is 3. The normalized spacial score (nSPS) is 19.2. The summed E-state index contributed by atoms with van der Waals surface area (Å²) in [5.74, 6) is -1.32. The van der Waals surface area contributed by atoms with Crippen LogP contribution >= 0.6 is 0 Å². The second kappa shape index (κ2) is 10.6. The zero-order chi connectivity index (χ0) is 25.0. The van der Waals surface area contributed by atoms with Gasteiger partial charge < -0.3 is 20.7 Å². The summed E-state index contributed by atoms with van der Waals surface area (Å²) in [4.78, 5) is 42.1. The molecule has 2 heterocycles. The fraction of sp³-hybridized carbons (Fsp3) is 0.375. The summed E-state index contributed by atoms with van der Waals surface area (Å²) in [6.07, 6.45) is 3.06. The van der Waals surface area contributed by atoms with Gasteiger partial charge in [0.05, 0.1) is 31.2 Å². The van der Waals surface area contributed by atoms with Crippen molar-refractivity contribution in [2.45, 2.75) is 32.4 Å². The van der Waals surface area contributed by atoms with Gasteiger partial charge in [-0.3, -0.25) is 19.2 Å². The first-order chi connectivity index (χ1) is 16.1. The molecule has 0 aromatic heterocycles. The number of hydroxylamine groups is 2. The van der Waals surface area contributed by atoms with Crippen LogP contribution in [-0.4, -0.2) is 62.7 Å². The van der Waals surface area contributed by atoms with Crippen molar-refractivity contribution in [3.05, 3.63) is 58.6 Å². The minimum absolute atomic E-state index is 0.0476. The Hall–Kier alpha value is -3.50. The summed E-state index contributed by atoms with van der Waals surface area (Å²) in [6.45, 7) is 3.71. The smallest absolute Gasteiger partial charge is 0.256 e. The van der Waals surface area contributed by atoms with Crippen LogP contribution in [0.5, 0.6) is 0 Å². The van der Waals surface area contributed by atoms with Crippen molar-refractivity contribution in [3.63, 3.8) is 0 Å². The van der Waals surface area contributed by atoms with Crippen molar-refractivity contribution in [1.82, 2.24) is 15.7 Å². The lowest BCUT2D eigenvalue weighted by atomic mass is 9.95. The van der Waals surface area contributed by atoms with Crippen LogP contribution in [0, 0.1) is 5.82 Å². The summed E-state index contributed by atoms with van der Waals surface area (Å²) in [5, 5.41) is 9.84. The van der Waals surface area contributed by atoms with Crippen LogP contribution in [0.15, 0.2) is 47.2 Å². The molecule has 0 fully saturated rings. The number of dihydropyridines is 1. The minimum Gasteiger partial charge on any atom is -0.379 e. The Morgan fingerprint density at radius 2 is 2.03 bits per heavy atom. The first-order valence-corrected chi connectivity index (χ1v) is 10.8. The molecule has 3 rings (SSSR count). The molecule has 9 nitrogen and oxygen atoms in total. The lowest BCUT2D eigenvalue weighted by molar-refractivity contribution is -0.171. The molecule has 0 saturated carbocycles. The highest BCUT2D eigenvalue weighted by atomic mass is 19.1. The number of nitrogens with zero attached hydrogens (tertiary/aromatic N) is 1. The Labute approximate surface area is 197 Å². The van der Waals surface area contributed by atoms with E-state index in [9.17, 15) is 18.8 Å². The summed E-state index contributed by atoms with van der Waals surface area (Å²) < 4.78 is 19.0. The van der Waals surface area contributed by atoms with E-state index < -0.39 is 11.9 Å². The van der Waals surface area contributed by atoms with E-state index in [0.717, 1.165) is 10.6 Å². The maximum absolute atomic E-state index is 13.7. The van der Waals surface area contributed by atoms with Crippen LogP contribution < -0.4 is 16.0 Å². The molecule has 10 heteroatoms. The van der Waals surface area contributed by atoms with Crippen molar-refractivity contribution >= 4 is 29.0 Å². The summed E-state index contributed by atoms with van der Waals surface area (Å²) >= 11 is 0. The fourth-order valence-electron chi connectivity index (χ4n) is 3.92. The Balaban J connectivity index is 1.69. The Morgan fingerprint density at radius 3 is 2.68 bits per heavy atom. The first kappa shape index (κ1) is 25.1. The summed E-state index contributed by atoms with van der Waals surface area (Å²) in [5.41, 5.74) is 3.24. The van der Waals surface area contributed by atoms with Gasteiger partial charge in [-0.1, -0.05) is 6.08 Å². The molecule has 2 atom stereocenters. The molecule has 1 aromatic carbocycles. The van der Waals surface area contributed by atoms with Gasteiger partial charge in [-0.25, -0.2) is 9.45 Å². The van der Waals surface area contributed by atoms with Gasteiger partial charge in [-0.2, -0.15) is 0 Å². The molecule has 0 saturated heterocycles. The molecule has 3 amide bonds. The minimum atomic E-state index is -0.519. The van der Waals surface area contributed by atoms with Crippen LogP contribution in [0.1, 0.15) is 25.8 Å². The molecular weight excluding hydrogens is 443 g/mol. The molecule has 34 heavy (non-hydrogen) atoms. The topological polar surface area (TPSA) is 109 Å². The molecule has 3 N–H and O–H groups in total. The number of amides is 3. The Kier molecular flexibility index (Phi) is 7.85. The van der Waals surface area contributed by atoms with Gasteiger partial charge in [0, 0.05) is 43.2 Å². The van der Waals surface area contributed by atoms with E-state index in [1.807, 2.05) is 6.08 Å². The third-order valence-electron chi connectivity index (χ3n) is 5.77. The van der Waals surface area contributed by atoms with Gasteiger partial charge in [0.1, 0.15) is 5.82 Å². The van der Waals surface area contributed by atoms with Gasteiger partial charge in [0.25, 0.3) is 11.8 Å². The Morgan fingerprint density at radius 1 is 1.29 bits per heavy atom. The zero-order valence-electron chi connectivity index (χ0n) is 19.8. The Bertz CT molecular complexity index is 1090. The first-order valence-electron chi connectivity index (χ1n) is 10.8. The van der Waals surface area contributed by atoms with Crippen molar-refractivity contribution in [2.24, 2.45) is 0 Å². The number of carbonyl (C=O) groups is 3. The van der Waals surface area contributed by atoms with Gasteiger partial charge in [0.2, 0.25) is 5.91 Å². The maximum Gasteiger partial charge on any atom is 0.256 e. The van der Waals surface area contributed by atoms with Gasteiger partial charge in [-0.05, 0) is 43.7 Å². The van der Waals surface area contributed by atoms with Crippen LogP contribution in [-0.2, 0) is 24.0 Å². The maximum atomic E-state index is 13.7. The van der Waals surface area contributed by atoms with E-state index in [4.69, 9.17) is 9.57 Å². The van der Waals surface area contributed by atoms with E-state index >= 15 is 0 Å². The highest BCUT2D eigenvalue weighted by Crippen LogP contribution is 2.33. The third kappa shape index (κ3) is 5.52. The average molecular weight is 473 g/mol. The number of halogens is 1. The number of fused-ring (bicyclic) bond motifs is 1. The molecule has 0 bridgehead atoms. The van der Waals surface area contributed by atoms with Crippen molar-refractivity contribution in [1.29, 1.82) is 0 Å². The number of rotatable bonds is 8. The molecule has 2 aliphatic rings. The van der Waals surface area contributed by atoms with E-state index in [1.54, 1.807) is 19.9 Å². The quantitative estimate of drug-likeness (QED) is 0.394. The van der Waals surface area contributed by atoms with Crippen LogP contribution in [0.3, 0.4) is 0 Å². The van der Waals surface area contributed by atoms with Crippen LogP contribution in [0.2, 0.25) is 0 Å². The largest absolute Gasteiger partial charge is 0.379 e. The van der Waals surface area contributed by atoms with Crippen molar-refractivity contribution in [3.8, 4) is 0 Å². The van der Waals surface area contributed by atoms with E-state index in [2.05, 4.69) is 16.0 Å². The molecule has 2 aliphatic heterocycles. The van der Waals surface area contributed by atoms with E-state index in [0.29, 0.717) is 28.1 Å². The number of allylic oxidation sites excluding steroid dienone is 1.